The van der Waals surface area contributed by atoms with Crippen molar-refractivity contribution in [2.45, 2.75) is 70.7 Å². The van der Waals surface area contributed by atoms with Crippen LogP contribution in [0.3, 0.4) is 0 Å². The van der Waals surface area contributed by atoms with Crippen molar-refractivity contribution in [1.29, 1.82) is 0 Å². The molecule has 1 saturated carbocycles. The number of rotatable bonds is 5. The molecule has 5 heteroatoms. The van der Waals surface area contributed by atoms with Crippen LogP contribution in [0.4, 0.5) is 0 Å². The summed E-state index contributed by atoms with van der Waals surface area (Å²) >= 11 is 0. The van der Waals surface area contributed by atoms with Crippen molar-refractivity contribution in [1.82, 2.24) is 15.5 Å². The fourth-order valence-corrected chi connectivity index (χ4v) is 2.45. The van der Waals surface area contributed by atoms with E-state index in [0.717, 1.165) is 31.4 Å². The van der Waals surface area contributed by atoms with Gasteiger partial charge in [0.15, 0.2) is 0 Å². The standard InChI is InChI=1S/C16H27N3O2/c1-16(2,3)17-11-12-8-9-15(19-18-12)21-14-7-5-6-13(10-14)20-4/h8-9,13-14,17H,5-7,10-11H2,1-4H3. The molecule has 118 valence electrons. The SMILES string of the molecule is COC1CCCC(Oc2ccc(CNC(C)(C)C)nn2)C1. The zero-order chi connectivity index (χ0) is 15.3. The Labute approximate surface area is 127 Å². The lowest BCUT2D eigenvalue weighted by Crippen LogP contribution is -2.35. The fourth-order valence-electron chi connectivity index (χ4n) is 2.45. The third kappa shape index (κ3) is 5.59. The first-order valence-corrected chi connectivity index (χ1v) is 7.73. The van der Waals surface area contributed by atoms with Crippen LogP contribution in [-0.4, -0.2) is 35.1 Å². The maximum absolute atomic E-state index is 5.91. The molecule has 0 spiro atoms. The van der Waals surface area contributed by atoms with Gasteiger partial charge < -0.3 is 14.8 Å². The van der Waals surface area contributed by atoms with Crippen molar-refractivity contribution in [2.75, 3.05) is 7.11 Å². The van der Waals surface area contributed by atoms with Crippen LogP contribution in [0, 0.1) is 0 Å². The summed E-state index contributed by atoms with van der Waals surface area (Å²) in [5, 5.41) is 11.8. The second-order valence-corrected chi connectivity index (χ2v) is 6.73. The van der Waals surface area contributed by atoms with Gasteiger partial charge >= 0.3 is 0 Å². The Morgan fingerprint density at radius 3 is 2.57 bits per heavy atom. The molecule has 0 aromatic carbocycles. The van der Waals surface area contributed by atoms with E-state index in [1.54, 1.807) is 7.11 Å². The number of hydrogen-bond acceptors (Lipinski definition) is 5. The van der Waals surface area contributed by atoms with E-state index in [1.165, 1.54) is 0 Å². The van der Waals surface area contributed by atoms with Crippen LogP contribution in [0.15, 0.2) is 12.1 Å². The van der Waals surface area contributed by atoms with E-state index in [9.17, 15) is 0 Å². The van der Waals surface area contributed by atoms with Crippen LogP contribution >= 0.6 is 0 Å². The minimum absolute atomic E-state index is 0.0775. The molecule has 0 amide bonds. The quantitative estimate of drug-likeness (QED) is 0.904. The molecule has 21 heavy (non-hydrogen) atoms. The number of ether oxygens (including phenoxy) is 2. The van der Waals surface area contributed by atoms with Crippen molar-refractivity contribution in [2.24, 2.45) is 0 Å². The highest BCUT2D eigenvalue weighted by atomic mass is 16.5. The van der Waals surface area contributed by atoms with E-state index in [0.29, 0.717) is 18.5 Å². The molecule has 1 heterocycles. The third-order valence-electron chi connectivity index (χ3n) is 3.69. The van der Waals surface area contributed by atoms with Gasteiger partial charge in [0.2, 0.25) is 5.88 Å². The van der Waals surface area contributed by atoms with Crippen LogP contribution in [-0.2, 0) is 11.3 Å². The van der Waals surface area contributed by atoms with Gasteiger partial charge in [0.05, 0.1) is 11.8 Å². The van der Waals surface area contributed by atoms with Crippen molar-refractivity contribution in [3.63, 3.8) is 0 Å². The first kappa shape index (κ1) is 16.2. The lowest BCUT2D eigenvalue weighted by molar-refractivity contribution is 0.0192. The molecule has 1 aliphatic carbocycles. The fraction of sp³-hybridized carbons (Fsp3) is 0.750. The smallest absolute Gasteiger partial charge is 0.233 e. The number of nitrogens with zero attached hydrogens (tertiary/aromatic N) is 2. The number of nitrogens with one attached hydrogen (secondary N) is 1. The largest absolute Gasteiger partial charge is 0.473 e. The van der Waals surface area contributed by atoms with E-state index in [4.69, 9.17) is 9.47 Å². The molecule has 2 atom stereocenters. The first-order chi connectivity index (χ1) is 9.96. The van der Waals surface area contributed by atoms with Gasteiger partial charge in [0.1, 0.15) is 6.10 Å². The van der Waals surface area contributed by atoms with Gasteiger partial charge in [0, 0.05) is 31.7 Å². The minimum atomic E-state index is 0.0775. The van der Waals surface area contributed by atoms with Gasteiger partial charge in [-0.15, -0.1) is 5.10 Å². The second-order valence-electron chi connectivity index (χ2n) is 6.73. The number of aromatic nitrogens is 2. The lowest BCUT2D eigenvalue weighted by Gasteiger charge is -2.28. The average molecular weight is 293 g/mol. The molecular weight excluding hydrogens is 266 g/mol. The average Bonchev–Trinajstić information content (AvgIpc) is 2.46. The molecular formula is C16H27N3O2. The number of methoxy groups -OCH3 is 1. The molecule has 1 fully saturated rings. The monoisotopic (exact) mass is 293 g/mol. The highest BCUT2D eigenvalue weighted by molar-refractivity contribution is 5.12. The third-order valence-corrected chi connectivity index (χ3v) is 3.69. The molecule has 0 bridgehead atoms. The highest BCUT2D eigenvalue weighted by Crippen LogP contribution is 2.24. The van der Waals surface area contributed by atoms with Gasteiger partial charge in [0.25, 0.3) is 0 Å². The maximum atomic E-state index is 5.91. The van der Waals surface area contributed by atoms with Crippen LogP contribution in [0.5, 0.6) is 5.88 Å². The van der Waals surface area contributed by atoms with Gasteiger partial charge in [-0.05, 0) is 46.1 Å². The summed E-state index contributed by atoms with van der Waals surface area (Å²) < 4.78 is 11.3. The molecule has 1 N–H and O–H groups in total. The molecule has 1 aromatic rings. The topological polar surface area (TPSA) is 56.3 Å². The van der Waals surface area contributed by atoms with Gasteiger partial charge in [-0.25, -0.2) is 0 Å². The Kier molecular flexibility index (Phi) is 5.53. The zero-order valence-electron chi connectivity index (χ0n) is 13.6. The minimum Gasteiger partial charge on any atom is -0.473 e. The highest BCUT2D eigenvalue weighted by Gasteiger charge is 2.23. The van der Waals surface area contributed by atoms with Crippen LogP contribution < -0.4 is 10.1 Å². The predicted octanol–water partition coefficient (Wildman–Crippen LogP) is 2.70. The van der Waals surface area contributed by atoms with Gasteiger partial charge in [-0.2, -0.15) is 5.10 Å². The maximum Gasteiger partial charge on any atom is 0.233 e. The molecule has 0 saturated heterocycles. The van der Waals surface area contributed by atoms with E-state index in [2.05, 4.69) is 36.3 Å². The molecule has 2 rings (SSSR count). The summed E-state index contributed by atoms with van der Waals surface area (Å²) in [6.07, 6.45) is 4.77. The summed E-state index contributed by atoms with van der Waals surface area (Å²) in [7, 11) is 1.77. The second kappa shape index (κ2) is 7.18. The van der Waals surface area contributed by atoms with Crippen LogP contribution in [0.2, 0.25) is 0 Å². The predicted molar refractivity (Wildman–Crippen MR) is 82.3 cm³/mol. The van der Waals surface area contributed by atoms with Gasteiger partial charge in [-0.1, -0.05) is 0 Å². The molecule has 2 unspecified atom stereocenters. The van der Waals surface area contributed by atoms with Crippen molar-refractivity contribution in [3.8, 4) is 5.88 Å². The Bertz CT molecular complexity index is 428. The Balaban J connectivity index is 1.84. The van der Waals surface area contributed by atoms with Gasteiger partial charge in [-0.3, -0.25) is 0 Å². The van der Waals surface area contributed by atoms with Crippen molar-refractivity contribution < 1.29 is 9.47 Å². The summed E-state index contributed by atoms with van der Waals surface area (Å²) in [6, 6.07) is 3.88. The molecule has 0 radical (unpaired) electrons. The molecule has 1 aliphatic rings. The van der Waals surface area contributed by atoms with E-state index >= 15 is 0 Å². The van der Waals surface area contributed by atoms with Crippen LogP contribution in [0.1, 0.15) is 52.1 Å². The van der Waals surface area contributed by atoms with E-state index in [1.807, 2.05) is 12.1 Å². The van der Waals surface area contributed by atoms with Crippen LogP contribution in [0.25, 0.3) is 0 Å². The zero-order valence-corrected chi connectivity index (χ0v) is 13.6. The van der Waals surface area contributed by atoms with Crippen molar-refractivity contribution >= 4 is 0 Å². The first-order valence-electron chi connectivity index (χ1n) is 7.73. The number of hydrogen-bond donors (Lipinski definition) is 1. The Morgan fingerprint density at radius 1 is 1.19 bits per heavy atom. The Hall–Kier alpha value is -1.20. The van der Waals surface area contributed by atoms with Crippen molar-refractivity contribution in [3.05, 3.63) is 17.8 Å². The summed E-state index contributed by atoms with van der Waals surface area (Å²) in [4.78, 5) is 0. The van der Waals surface area contributed by atoms with E-state index < -0.39 is 0 Å². The molecule has 0 aliphatic heterocycles. The molecule has 1 aromatic heterocycles. The normalized spacial score (nSPS) is 23.0. The summed E-state index contributed by atoms with van der Waals surface area (Å²) in [5.41, 5.74) is 1.00. The molecule has 5 nitrogen and oxygen atoms in total. The Morgan fingerprint density at radius 2 is 1.95 bits per heavy atom. The van der Waals surface area contributed by atoms with E-state index in [-0.39, 0.29) is 11.6 Å². The summed E-state index contributed by atoms with van der Waals surface area (Å²) in [5.74, 6) is 0.608. The summed E-state index contributed by atoms with van der Waals surface area (Å²) in [6.45, 7) is 7.11. The lowest BCUT2D eigenvalue weighted by atomic mass is 9.95.